The number of nitrogens with zero attached hydrogens (tertiary/aromatic N) is 4. The number of aromatic nitrogens is 4. The topological polar surface area (TPSA) is 87.9 Å². The number of rotatable bonds is 8. The van der Waals surface area contributed by atoms with Crippen LogP contribution in [0.3, 0.4) is 0 Å². The van der Waals surface area contributed by atoms with E-state index in [1.165, 1.54) is 18.9 Å². The van der Waals surface area contributed by atoms with Gasteiger partial charge in [-0.25, -0.2) is 14.4 Å². The lowest BCUT2D eigenvalue weighted by atomic mass is 10.2. The number of para-hydroxylation sites is 1. The van der Waals surface area contributed by atoms with Crippen LogP contribution >= 0.6 is 0 Å². The van der Waals surface area contributed by atoms with Crippen LogP contribution in [-0.2, 0) is 0 Å². The van der Waals surface area contributed by atoms with Crippen LogP contribution < -0.4 is 10.6 Å². The summed E-state index contributed by atoms with van der Waals surface area (Å²) in [5.41, 5.74) is 1.84. The standard InChI is InChI=1S/C20H25FN6O/c21-15-9-3-4-10-16(15)24-20-25-17-13-23-19(22-11-5-6-12-28)26-18(17)27(20)14-7-1-2-8-14/h3-4,9-10,13-14,28H,1-2,5-8,11-12H2,(H,24,25)(H,22,23,26). The fourth-order valence-corrected chi connectivity index (χ4v) is 3.69. The number of unbranched alkanes of at least 4 members (excludes halogenated alkanes) is 1. The van der Waals surface area contributed by atoms with Crippen LogP contribution in [0.25, 0.3) is 11.2 Å². The van der Waals surface area contributed by atoms with Gasteiger partial charge in [0.05, 0.1) is 11.9 Å². The highest BCUT2D eigenvalue weighted by molar-refractivity contribution is 5.76. The first-order chi connectivity index (χ1) is 13.8. The van der Waals surface area contributed by atoms with Crippen LogP contribution in [0.2, 0.25) is 0 Å². The third kappa shape index (κ3) is 3.91. The molecule has 1 aliphatic rings. The van der Waals surface area contributed by atoms with Gasteiger partial charge in [-0.2, -0.15) is 4.98 Å². The van der Waals surface area contributed by atoms with Gasteiger partial charge in [-0.3, -0.25) is 4.57 Å². The zero-order valence-electron chi connectivity index (χ0n) is 15.7. The zero-order valence-corrected chi connectivity index (χ0v) is 15.7. The van der Waals surface area contributed by atoms with Crippen LogP contribution in [0.1, 0.15) is 44.6 Å². The van der Waals surface area contributed by atoms with Crippen molar-refractivity contribution >= 4 is 28.7 Å². The second kappa shape index (κ2) is 8.52. The molecule has 3 aromatic rings. The van der Waals surface area contributed by atoms with Crippen molar-refractivity contribution in [3.05, 3.63) is 36.3 Å². The molecule has 8 heteroatoms. The fraction of sp³-hybridized carbons (Fsp3) is 0.450. The maximum absolute atomic E-state index is 14.2. The summed E-state index contributed by atoms with van der Waals surface area (Å²) in [5, 5.41) is 15.3. The van der Waals surface area contributed by atoms with Gasteiger partial charge >= 0.3 is 0 Å². The largest absolute Gasteiger partial charge is 0.396 e. The van der Waals surface area contributed by atoms with Crippen molar-refractivity contribution in [2.45, 2.75) is 44.6 Å². The van der Waals surface area contributed by atoms with Gasteiger partial charge in [-0.1, -0.05) is 25.0 Å². The molecule has 1 fully saturated rings. The number of anilines is 3. The Morgan fingerprint density at radius 1 is 1.14 bits per heavy atom. The Kier molecular flexibility index (Phi) is 5.66. The van der Waals surface area contributed by atoms with Crippen molar-refractivity contribution in [1.29, 1.82) is 0 Å². The highest BCUT2D eigenvalue weighted by Gasteiger charge is 2.24. The molecule has 4 rings (SSSR count). The van der Waals surface area contributed by atoms with Crippen molar-refractivity contribution in [3.8, 4) is 0 Å². The Morgan fingerprint density at radius 3 is 2.75 bits per heavy atom. The van der Waals surface area contributed by atoms with E-state index in [9.17, 15) is 4.39 Å². The summed E-state index contributed by atoms with van der Waals surface area (Å²) in [6, 6.07) is 6.88. The maximum Gasteiger partial charge on any atom is 0.224 e. The van der Waals surface area contributed by atoms with Gasteiger partial charge in [0.25, 0.3) is 0 Å². The number of aliphatic hydroxyl groups excluding tert-OH is 1. The Bertz CT molecular complexity index is 938. The Labute approximate surface area is 163 Å². The van der Waals surface area contributed by atoms with E-state index in [1.54, 1.807) is 24.4 Å². The summed E-state index contributed by atoms with van der Waals surface area (Å²) in [7, 11) is 0. The third-order valence-electron chi connectivity index (χ3n) is 5.11. The molecular weight excluding hydrogens is 359 g/mol. The first-order valence-electron chi connectivity index (χ1n) is 9.87. The molecule has 0 atom stereocenters. The van der Waals surface area contributed by atoms with E-state index in [-0.39, 0.29) is 18.5 Å². The summed E-state index contributed by atoms with van der Waals surface area (Å²) in [6.45, 7) is 0.880. The summed E-state index contributed by atoms with van der Waals surface area (Å²) in [6.07, 6.45) is 7.74. The number of fused-ring (bicyclic) bond motifs is 1. The van der Waals surface area contributed by atoms with Gasteiger partial charge in [0.1, 0.15) is 11.3 Å². The molecule has 0 radical (unpaired) electrons. The zero-order chi connectivity index (χ0) is 19.3. The van der Waals surface area contributed by atoms with Gasteiger partial charge < -0.3 is 15.7 Å². The molecule has 2 heterocycles. The molecule has 0 spiro atoms. The predicted octanol–water partition coefficient (Wildman–Crippen LogP) is 4.01. The third-order valence-corrected chi connectivity index (χ3v) is 5.11. The summed E-state index contributed by atoms with van der Waals surface area (Å²) >= 11 is 0. The summed E-state index contributed by atoms with van der Waals surface area (Å²) in [4.78, 5) is 13.7. The molecule has 148 valence electrons. The Balaban J connectivity index is 1.68. The quantitative estimate of drug-likeness (QED) is 0.509. The molecule has 0 amide bonds. The van der Waals surface area contributed by atoms with E-state index in [0.717, 1.165) is 31.3 Å². The molecule has 0 bridgehead atoms. The van der Waals surface area contributed by atoms with Crippen LogP contribution in [0.4, 0.5) is 22.0 Å². The van der Waals surface area contributed by atoms with E-state index in [1.807, 2.05) is 0 Å². The molecule has 0 aliphatic heterocycles. The number of benzene rings is 1. The second-order valence-corrected chi connectivity index (χ2v) is 7.11. The lowest BCUT2D eigenvalue weighted by molar-refractivity contribution is 0.286. The van der Waals surface area contributed by atoms with Gasteiger partial charge in [-0.05, 0) is 37.8 Å². The lowest BCUT2D eigenvalue weighted by Gasteiger charge is -2.17. The van der Waals surface area contributed by atoms with Gasteiger partial charge in [-0.15, -0.1) is 0 Å². The number of hydrogen-bond acceptors (Lipinski definition) is 6. The van der Waals surface area contributed by atoms with Crippen LogP contribution in [-0.4, -0.2) is 37.8 Å². The number of halogens is 1. The number of hydrogen-bond donors (Lipinski definition) is 3. The van der Waals surface area contributed by atoms with E-state index in [0.29, 0.717) is 29.6 Å². The van der Waals surface area contributed by atoms with Crippen LogP contribution in [0.5, 0.6) is 0 Å². The average molecular weight is 384 g/mol. The minimum absolute atomic E-state index is 0.182. The molecular formula is C20H25FN6O. The minimum Gasteiger partial charge on any atom is -0.396 e. The SMILES string of the molecule is OCCCCNc1ncc2nc(Nc3ccccc3F)n(C3CCCC3)c2n1. The molecule has 7 nitrogen and oxygen atoms in total. The monoisotopic (exact) mass is 384 g/mol. The Hall–Kier alpha value is -2.74. The van der Waals surface area contributed by atoms with Crippen LogP contribution in [0.15, 0.2) is 30.5 Å². The van der Waals surface area contributed by atoms with Crippen molar-refractivity contribution in [2.24, 2.45) is 0 Å². The van der Waals surface area contributed by atoms with Crippen LogP contribution in [0, 0.1) is 5.82 Å². The number of nitrogens with one attached hydrogen (secondary N) is 2. The summed E-state index contributed by atoms with van der Waals surface area (Å²) in [5.74, 6) is 0.825. The molecule has 0 unspecified atom stereocenters. The van der Waals surface area contributed by atoms with Gasteiger partial charge in [0.2, 0.25) is 11.9 Å². The molecule has 1 saturated carbocycles. The molecule has 1 aromatic carbocycles. The van der Waals surface area contributed by atoms with Gasteiger partial charge in [0.15, 0.2) is 5.65 Å². The van der Waals surface area contributed by atoms with E-state index in [2.05, 4.69) is 30.2 Å². The summed E-state index contributed by atoms with van der Waals surface area (Å²) < 4.78 is 16.2. The van der Waals surface area contributed by atoms with Crippen molar-refractivity contribution < 1.29 is 9.50 Å². The number of imidazole rings is 1. The predicted molar refractivity (Wildman–Crippen MR) is 107 cm³/mol. The molecule has 2 aromatic heterocycles. The van der Waals surface area contributed by atoms with Gasteiger partial charge in [0, 0.05) is 19.2 Å². The average Bonchev–Trinajstić information content (AvgIpc) is 3.34. The maximum atomic E-state index is 14.2. The fourth-order valence-electron chi connectivity index (χ4n) is 3.69. The Morgan fingerprint density at radius 2 is 1.96 bits per heavy atom. The highest BCUT2D eigenvalue weighted by atomic mass is 19.1. The van der Waals surface area contributed by atoms with E-state index < -0.39 is 0 Å². The molecule has 28 heavy (non-hydrogen) atoms. The molecule has 1 aliphatic carbocycles. The van der Waals surface area contributed by atoms with Crippen molar-refractivity contribution in [1.82, 2.24) is 19.5 Å². The minimum atomic E-state index is -0.315. The number of aliphatic hydroxyl groups is 1. The first-order valence-corrected chi connectivity index (χ1v) is 9.87. The normalized spacial score (nSPS) is 14.6. The second-order valence-electron chi connectivity index (χ2n) is 7.11. The van der Waals surface area contributed by atoms with Crippen molar-refractivity contribution in [3.63, 3.8) is 0 Å². The van der Waals surface area contributed by atoms with E-state index >= 15 is 0 Å². The molecule has 0 saturated heterocycles. The van der Waals surface area contributed by atoms with E-state index in [4.69, 9.17) is 5.11 Å². The smallest absolute Gasteiger partial charge is 0.224 e. The molecule has 3 N–H and O–H groups in total. The lowest BCUT2D eigenvalue weighted by Crippen LogP contribution is -2.11. The van der Waals surface area contributed by atoms with Crippen molar-refractivity contribution in [2.75, 3.05) is 23.8 Å². The highest BCUT2D eigenvalue weighted by Crippen LogP contribution is 2.36. The first kappa shape index (κ1) is 18.6.